The third kappa shape index (κ3) is 3.77. The summed E-state index contributed by atoms with van der Waals surface area (Å²) < 4.78 is 0. The predicted octanol–water partition coefficient (Wildman–Crippen LogP) is 2.42. The molecule has 1 aromatic carbocycles. The van der Waals surface area contributed by atoms with Crippen molar-refractivity contribution in [1.29, 1.82) is 0 Å². The van der Waals surface area contributed by atoms with Gasteiger partial charge in [0.15, 0.2) is 0 Å². The number of anilines is 1. The summed E-state index contributed by atoms with van der Waals surface area (Å²) in [5, 5.41) is 10.1. The van der Waals surface area contributed by atoms with Crippen LogP contribution >= 0.6 is 23.2 Å². The molecule has 18 heavy (non-hydrogen) atoms. The summed E-state index contributed by atoms with van der Waals surface area (Å²) in [6, 6.07) is 2.93. The molecule has 0 aliphatic rings. The molecule has 0 aliphatic carbocycles. The highest BCUT2D eigenvalue weighted by molar-refractivity contribution is 6.39. The molecule has 1 aromatic rings. The fourth-order valence-corrected chi connectivity index (χ4v) is 2.07. The summed E-state index contributed by atoms with van der Waals surface area (Å²) in [5.41, 5.74) is 5.22. The molecule has 0 bridgehead atoms. The molecule has 1 rings (SSSR count). The van der Waals surface area contributed by atoms with Crippen molar-refractivity contribution >= 4 is 34.8 Å². The first kappa shape index (κ1) is 15.1. The number of nitrogens with zero attached hydrogens (tertiary/aromatic N) is 1. The van der Waals surface area contributed by atoms with E-state index in [1.807, 2.05) is 0 Å². The van der Waals surface area contributed by atoms with Crippen molar-refractivity contribution in [3.05, 3.63) is 27.7 Å². The van der Waals surface area contributed by atoms with Crippen LogP contribution in [0.2, 0.25) is 10.0 Å². The number of carbonyl (C=O) groups is 1. The van der Waals surface area contributed by atoms with Gasteiger partial charge >= 0.3 is 0 Å². The molecule has 1 amide bonds. The first-order valence-corrected chi connectivity index (χ1v) is 6.10. The van der Waals surface area contributed by atoms with Gasteiger partial charge in [-0.1, -0.05) is 23.2 Å². The number of carbonyl (C=O) groups excluding carboxylic acids is 1. The summed E-state index contributed by atoms with van der Waals surface area (Å²) in [6.07, 6.45) is 0. The van der Waals surface area contributed by atoms with E-state index >= 15 is 0 Å². The van der Waals surface area contributed by atoms with Gasteiger partial charge in [-0.05, 0) is 26.0 Å². The normalized spacial score (nSPS) is 11.4. The highest BCUT2D eigenvalue weighted by Gasteiger charge is 2.21. The number of likely N-dealkylation sites (N-methyl/N-ethyl adjacent to an activating group) is 1. The van der Waals surface area contributed by atoms with Crippen LogP contribution in [0.5, 0.6) is 0 Å². The third-order valence-corrected chi connectivity index (χ3v) is 2.92. The number of amides is 1. The monoisotopic (exact) mass is 290 g/mol. The van der Waals surface area contributed by atoms with Crippen molar-refractivity contribution < 1.29 is 9.90 Å². The van der Waals surface area contributed by atoms with Crippen LogP contribution in [0.25, 0.3) is 0 Å². The molecule has 4 nitrogen and oxygen atoms in total. The number of nitrogen functional groups attached to an aromatic ring is 1. The smallest absolute Gasteiger partial charge is 0.253 e. The lowest BCUT2D eigenvalue weighted by molar-refractivity contribution is 0.0368. The standard InChI is InChI=1S/C12H16Cl2N2O2/c1-12(2,18)6-16(3)11(17)7-4-8(13)10(15)9(14)5-7/h4-5,18H,6,15H2,1-3H3. The van der Waals surface area contributed by atoms with Gasteiger partial charge in [-0.2, -0.15) is 0 Å². The Kier molecular flexibility index (Phi) is 4.48. The Labute approximate surface area is 116 Å². The van der Waals surface area contributed by atoms with Crippen molar-refractivity contribution in [3.8, 4) is 0 Å². The van der Waals surface area contributed by atoms with Gasteiger partial charge in [-0.3, -0.25) is 4.79 Å². The first-order valence-electron chi connectivity index (χ1n) is 5.34. The second kappa shape index (κ2) is 5.34. The molecule has 0 radical (unpaired) electrons. The minimum atomic E-state index is -0.966. The zero-order valence-electron chi connectivity index (χ0n) is 10.5. The van der Waals surface area contributed by atoms with E-state index in [0.29, 0.717) is 5.56 Å². The molecule has 3 N–H and O–H groups in total. The molecule has 6 heteroatoms. The van der Waals surface area contributed by atoms with Gasteiger partial charge in [-0.15, -0.1) is 0 Å². The van der Waals surface area contributed by atoms with E-state index in [9.17, 15) is 9.90 Å². The minimum absolute atomic E-state index is 0.200. The molecular formula is C12H16Cl2N2O2. The predicted molar refractivity (Wildman–Crippen MR) is 74.1 cm³/mol. The van der Waals surface area contributed by atoms with Gasteiger partial charge in [0, 0.05) is 19.2 Å². The van der Waals surface area contributed by atoms with Gasteiger partial charge in [-0.25, -0.2) is 0 Å². The lowest BCUT2D eigenvalue weighted by atomic mass is 10.1. The van der Waals surface area contributed by atoms with Gasteiger partial charge in [0.1, 0.15) is 0 Å². The lowest BCUT2D eigenvalue weighted by Gasteiger charge is -2.25. The molecular weight excluding hydrogens is 275 g/mol. The molecule has 0 unspecified atom stereocenters. The maximum atomic E-state index is 12.1. The molecule has 0 saturated heterocycles. The molecule has 0 heterocycles. The van der Waals surface area contributed by atoms with Gasteiger partial charge in [0.05, 0.1) is 21.3 Å². The molecule has 100 valence electrons. The van der Waals surface area contributed by atoms with Crippen LogP contribution in [0.3, 0.4) is 0 Å². The van der Waals surface area contributed by atoms with Crippen LogP contribution < -0.4 is 5.73 Å². The maximum absolute atomic E-state index is 12.1. The van der Waals surface area contributed by atoms with E-state index < -0.39 is 5.60 Å². The van der Waals surface area contributed by atoms with E-state index in [1.54, 1.807) is 20.9 Å². The number of halogens is 2. The summed E-state index contributed by atoms with van der Waals surface area (Å²) in [7, 11) is 1.60. The van der Waals surface area contributed by atoms with E-state index in [4.69, 9.17) is 28.9 Å². The molecule has 0 spiro atoms. The van der Waals surface area contributed by atoms with E-state index in [1.165, 1.54) is 17.0 Å². The van der Waals surface area contributed by atoms with Crippen LogP contribution in [0.15, 0.2) is 12.1 Å². The van der Waals surface area contributed by atoms with Crippen molar-refractivity contribution in [2.75, 3.05) is 19.3 Å². The Morgan fingerprint density at radius 3 is 2.22 bits per heavy atom. The molecule has 0 fully saturated rings. The summed E-state index contributed by atoms with van der Waals surface area (Å²) in [6.45, 7) is 3.45. The number of nitrogens with two attached hydrogens (primary N) is 1. The molecule has 0 aromatic heterocycles. The van der Waals surface area contributed by atoms with Crippen LogP contribution in [-0.2, 0) is 0 Å². The number of rotatable bonds is 3. The van der Waals surface area contributed by atoms with Crippen molar-refractivity contribution in [1.82, 2.24) is 4.90 Å². The second-order valence-corrected chi connectivity index (χ2v) is 5.64. The van der Waals surface area contributed by atoms with E-state index in [0.717, 1.165) is 0 Å². The van der Waals surface area contributed by atoms with Crippen LogP contribution in [0, 0.1) is 0 Å². The van der Waals surface area contributed by atoms with Crippen molar-refractivity contribution in [2.45, 2.75) is 19.4 Å². The van der Waals surface area contributed by atoms with E-state index in [2.05, 4.69) is 0 Å². The fraction of sp³-hybridized carbons (Fsp3) is 0.417. The zero-order valence-corrected chi connectivity index (χ0v) is 12.0. The average Bonchev–Trinajstić information content (AvgIpc) is 2.21. The summed E-state index contributed by atoms with van der Waals surface area (Å²) in [5.74, 6) is -0.277. The number of hydrogen-bond acceptors (Lipinski definition) is 3. The SMILES string of the molecule is CN(CC(C)(C)O)C(=O)c1cc(Cl)c(N)c(Cl)c1. The van der Waals surface area contributed by atoms with Crippen LogP contribution in [-0.4, -0.2) is 35.1 Å². The first-order chi connectivity index (χ1) is 8.11. The highest BCUT2D eigenvalue weighted by atomic mass is 35.5. The Hall–Kier alpha value is -0.970. The van der Waals surface area contributed by atoms with Crippen LogP contribution in [0.4, 0.5) is 5.69 Å². The van der Waals surface area contributed by atoms with Crippen LogP contribution in [0.1, 0.15) is 24.2 Å². The topological polar surface area (TPSA) is 66.6 Å². The number of benzene rings is 1. The largest absolute Gasteiger partial charge is 0.396 e. The van der Waals surface area contributed by atoms with Gasteiger partial charge in [0.25, 0.3) is 5.91 Å². The summed E-state index contributed by atoms with van der Waals surface area (Å²) in [4.78, 5) is 13.5. The maximum Gasteiger partial charge on any atom is 0.253 e. The highest BCUT2D eigenvalue weighted by Crippen LogP contribution is 2.29. The zero-order chi connectivity index (χ0) is 14.1. The van der Waals surface area contributed by atoms with Gasteiger partial charge < -0.3 is 15.7 Å². The quantitative estimate of drug-likeness (QED) is 0.840. The lowest BCUT2D eigenvalue weighted by Crippen LogP contribution is -2.39. The van der Waals surface area contributed by atoms with E-state index in [-0.39, 0.29) is 28.2 Å². The molecule has 0 saturated carbocycles. The fourth-order valence-electron chi connectivity index (χ4n) is 1.58. The number of aliphatic hydroxyl groups is 1. The molecule has 0 atom stereocenters. The Morgan fingerprint density at radius 2 is 1.83 bits per heavy atom. The molecule has 0 aliphatic heterocycles. The second-order valence-electron chi connectivity index (χ2n) is 4.83. The third-order valence-electron chi connectivity index (χ3n) is 2.30. The Bertz CT molecular complexity index is 447. The van der Waals surface area contributed by atoms with Gasteiger partial charge in [0.2, 0.25) is 0 Å². The Balaban J connectivity index is 2.98. The number of hydrogen-bond donors (Lipinski definition) is 2. The average molecular weight is 291 g/mol. The minimum Gasteiger partial charge on any atom is -0.396 e. The van der Waals surface area contributed by atoms with Crippen molar-refractivity contribution in [2.24, 2.45) is 0 Å². The Morgan fingerprint density at radius 1 is 1.39 bits per heavy atom. The summed E-state index contributed by atoms with van der Waals surface area (Å²) >= 11 is 11.7. The van der Waals surface area contributed by atoms with Crippen molar-refractivity contribution in [3.63, 3.8) is 0 Å².